The van der Waals surface area contributed by atoms with Crippen LogP contribution in [-0.2, 0) is 15.1 Å². The van der Waals surface area contributed by atoms with Gasteiger partial charge in [0.2, 0.25) is 0 Å². The van der Waals surface area contributed by atoms with Gasteiger partial charge in [-0.3, -0.25) is 4.79 Å². The highest BCUT2D eigenvalue weighted by atomic mass is 32.2. The standard InChI is InChI=1S/C14H17N3O5S/c1-3-6-17-14(19)11(9-15)7-10-4-5-12(18)13(8-10)22-23(20,21)16-2/h4-5,7-8,16,18H,3,6H2,1-2H3,(H,17,19). The van der Waals surface area contributed by atoms with Crippen LogP contribution in [0.4, 0.5) is 0 Å². The SMILES string of the molecule is CCCNC(=O)C(C#N)=Cc1ccc(O)c(OS(=O)(=O)NC)c1. The lowest BCUT2D eigenvalue weighted by molar-refractivity contribution is -0.117. The number of hydrogen-bond donors (Lipinski definition) is 3. The van der Waals surface area contributed by atoms with Crippen LogP contribution in [0.1, 0.15) is 18.9 Å². The van der Waals surface area contributed by atoms with Crippen molar-refractivity contribution in [3.63, 3.8) is 0 Å². The molecule has 0 bridgehead atoms. The normalized spacial score (nSPS) is 11.6. The summed E-state index contributed by atoms with van der Waals surface area (Å²) in [6.45, 7) is 2.31. The van der Waals surface area contributed by atoms with Crippen LogP contribution in [0.15, 0.2) is 23.8 Å². The zero-order valence-electron chi connectivity index (χ0n) is 12.7. The summed E-state index contributed by atoms with van der Waals surface area (Å²) in [6, 6.07) is 5.59. The third kappa shape index (κ3) is 5.61. The average molecular weight is 339 g/mol. The smallest absolute Gasteiger partial charge is 0.382 e. The quantitative estimate of drug-likeness (QED) is 0.495. The molecule has 0 aromatic heterocycles. The molecule has 3 N–H and O–H groups in total. The summed E-state index contributed by atoms with van der Waals surface area (Å²) in [7, 11) is -2.89. The van der Waals surface area contributed by atoms with Gasteiger partial charge in [0.05, 0.1) is 0 Å². The largest absolute Gasteiger partial charge is 0.504 e. The maximum absolute atomic E-state index is 11.8. The number of phenolic OH excluding ortho intramolecular Hbond substituents is 1. The lowest BCUT2D eigenvalue weighted by Crippen LogP contribution is -2.25. The molecule has 0 fully saturated rings. The number of amides is 1. The van der Waals surface area contributed by atoms with Crippen molar-refractivity contribution in [3.8, 4) is 17.6 Å². The Balaban J connectivity index is 3.11. The van der Waals surface area contributed by atoms with Gasteiger partial charge in [0, 0.05) is 13.6 Å². The lowest BCUT2D eigenvalue weighted by atomic mass is 10.1. The molecule has 0 aliphatic rings. The highest BCUT2D eigenvalue weighted by Crippen LogP contribution is 2.28. The first-order chi connectivity index (χ1) is 10.8. The zero-order chi connectivity index (χ0) is 17.5. The second-order valence-electron chi connectivity index (χ2n) is 4.39. The fourth-order valence-electron chi connectivity index (χ4n) is 1.50. The third-order valence-corrected chi connectivity index (χ3v) is 3.54. The summed E-state index contributed by atoms with van der Waals surface area (Å²) in [5.41, 5.74) is 0.180. The van der Waals surface area contributed by atoms with E-state index >= 15 is 0 Å². The van der Waals surface area contributed by atoms with Gasteiger partial charge < -0.3 is 14.6 Å². The third-order valence-electron chi connectivity index (χ3n) is 2.64. The minimum Gasteiger partial charge on any atom is -0.504 e. The van der Waals surface area contributed by atoms with E-state index in [1.54, 1.807) is 6.07 Å². The Morgan fingerprint density at radius 3 is 2.74 bits per heavy atom. The maximum Gasteiger partial charge on any atom is 0.382 e. The number of nitriles is 1. The molecule has 23 heavy (non-hydrogen) atoms. The van der Waals surface area contributed by atoms with Crippen molar-refractivity contribution in [3.05, 3.63) is 29.3 Å². The molecule has 0 heterocycles. The second-order valence-corrected chi connectivity index (χ2v) is 5.88. The maximum atomic E-state index is 11.8. The number of carbonyl (C=O) groups excluding carboxylic acids is 1. The first kappa shape index (κ1) is 18.5. The first-order valence-corrected chi connectivity index (χ1v) is 8.09. The monoisotopic (exact) mass is 339 g/mol. The summed E-state index contributed by atoms with van der Waals surface area (Å²) in [6.07, 6.45) is 1.99. The Labute approximate surface area is 134 Å². The summed E-state index contributed by atoms with van der Waals surface area (Å²) < 4.78 is 29.3. The molecule has 1 aromatic carbocycles. The molecule has 0 saturated carbocycles. The molecule has 9 heteroatoms. The van der Waals surface area contributed by atoms with Gasteiger partial charge in [-0.15, -0.1) is 0 Å². The predicted molar refractivity (Wildman–Crippen MR) is 83.6 cm³/mol. The van der Waals surface area contributed by atoms with Crippen molar-refractivity contribution in [1.82, 2.24) is 10.0 Å². The van der Waals surface area contributed by atoms with Crippen molar-refractivity contribution >= 4 is 22.3 Å². The summed E-state index contributed by atoms with van der Waals surface area (Å²) in [5.74, 6) is -1.25. The topological polar surface area (TPSA) is 129 Å². The second kappa shape index (κ2) is 8.17. The minimum absolute atomic E-state index is 0.147. The first-order valence-electron chi connectivity index (χ1n) is 6.69. The highest BCUT2D eigenvalue weighted by molar-refractivity contribution is 7.85. The van der Waals surface area contributed by atoms with Crippen LogP contribution in [0.25, 0.3) is 6.08 Å². The summed E-state index contributed by atoms with van der Waals surface area (Å²) in [4.78, 5) is 11.8. The number of rotatable bonds is 7. The van der Waals surface area contributed by atoms with Crippen LogP contribution >= 0.6 is 0 Å². The van der Waals surface area contributed by atoms with Gasteiger partial charge in [0.15, 0.2) is 11.5 Å². The van der Waals surface area contributed by atoms with Crippen LogP contribution in [0.2, 0.25) is 0 Å². The molecule has 1 amide bonds. The van der Waals surface area contributed by atoms with Crippen LogP contribution in [0.3, 0.4) is 0 Å². The molecular weight excluding hydrogens is 322 g/mol. The van der Waals surface area contributed by atoms with E-state index < -0.39 is 22.0 Å². The fourth-order valence-corrected chi connectivity index (χ4v) is 1.95. The van der Waals surface area contributed by atoms with Crippen molar-refractivity contribution in [2.24, 2.45) is 0 Å². The van der Waals surface area contributed by atoms with Crippen LogP contribution in [-0.4, -0.2) is 33.0 Å². The number of aromatic hydroxyl groups is 1. The van der Waals surface area contributed by atoms with E-state index in [-0.39, 0.29) is 11.3 Å². The lowest BCUT2D eigenvalue weighted by Gasteiger charge is -2.08. The van der Waals surface area contributed by atoms with Gasteiger partial charge in [0.1, 0.15) is 11.6 Å². The van der Waals surface area contributed by atoms with Crippen LogP contribution in [0, 0.1) is 11.3 Å². The Kier molecular flexibility index (Phi) is 6.56. The molecule has 0 saturated heterocycles. The molecule has 0 aliphatic carbocycles. The predicted octanol–water partition coefficient (Wildman–Crippen LogP) is 0.668. The Morgan fingerprint density at radius 2 is 2.17 bits per heavy atom. The number of nitrogens with one attached hydrogen (secondary N) is 2. The van der Waals surface area contributed by atoms with E-state index in [2.05, 4.69) is 9.50 Å². The van der Waals surface area contributed by atoms with Gasteiger partial charge in [-0.05, 0) is 30.2 Å². The fraction of sp³-hybridized carbons (Fsp3) is 0.286. The molecule has 8 nitrogen and oxygen atoms in total. The molecule has 0 spiro atoms. The summed E-state index contributed by atoms with van der Waals surface area (Å²) in [5, 5.41) is 21.2. The zero-order valence-corrected chi connectivity index (χ0v) is 13.5. The van der Waals surface area contributed by atoms with Gasteiger partial charge >= 0.3 is 10.3 Å². The number of nitrogens with zero attached hydrogens (tertiary/aromatic N) is 1. The van der Waals surface area contributed by atoms with Crippen molar-refractivity contribution in [1.29, 1.82) is 5.26 Å². The number of carbonyl (C=O) groups is 1. The molecular formula is C14H17N3O5S. The van der Waals surface area contributed by atoms with E-state index in [1.165, 1.54) is 24.3 Å². The van der Waals surface area contributed by atoms with Crippen molar-refractivity contribution < 1.29 is 22.5 Å². The van der Waals surface area contributed by atoms with E-state index in [0.717, 1.165) is 13.5 Å². The number of phenols is 1. The molecule has 1 rings (SSSR count). The molecule has 0 atom stereocenters. The van der Waals surface area contributed by atoms with E-state index in [1.807, 2.05) is 11.6 Å². The molecule has 0 unspecified atom stereocenters. The van der Waals surface area contributed by atoms with Gasteiger partial charge in [-0.25, -0.2) is 0 Å². The van der Waals surface area contributed by atoms with Crippen LogP contribution < -0.4 is 14.2 Å². The number of hydrogen-bond acceptors (Lipinski definition) is 6. The Morgan fingerprint density at radius 1 is 1.48 bits per heavy atom. The molecule has 0 aliphatic heterocycles. The summed E-state index contributed by atoms with van der Waals surface area (Å²) >= 11 is 0. The highest BCUT2D eigenvalue weighted by Gasteiger charge is 2.14. The Hall–Kier alpha value is -2.57. The van der Waals surface area contributed by atoms with Crippen molar-refractivity contribution in [2.75, 3.05) is 13.6 Å². The number of benzene rings is 1. The van der Waals surface area contributed by atoms with Crippen LogP contribution in [0.5, 0.6) is 11.5 Å². The molecule has 0 radical (unpaired) electrons. The Bertz CT molecular complexity index is 750. The van der Waals surface area contributed by atoms with E-state index in [0.29, 0.717) is 12.1 Å². The van der Waals surface area contributed by atoms with Gasteiger partial charge in [0.25, 0.3) is 5.91 Å². The average Bonchev–Trinajstić information content (AvgIpc) is 2.52. The minimum atomic E-state index is -4.05. The van der Waals surface area contributed by atoms with Gasteiger partial charge in [-0.2, -0.15) is 18.4 Å². The van der Waals surface area contributed by atoms with E-state index in [9.17, 15) is 18.3 Å². The molecule has 124 valence electrons. The molecule has 1 aromatic rings. The van der Waals surface area contributed by atoms with Crippen molar-refractivity contribution in [2.45, 2.75) is 13.3 Å². The van der Waals surface area contributed by atoms with E-state index in [4.69, 9.17) is 5.26 Å². The van der Waals surface area contributed by atoms with Gasteiger partial charge in [-0.1, -0.05) is 13.0 Å².